The van der Waals surface area contributed by atoms with E-state index < -0.39 is 17.6 Å². The summed E-state index contributed by atoms with van der Waals surface area (Å²) < 4.78 is 0. The molecule has 0 heterocycles. The molecule has 1 fully saturated rings. The monoisotopic (exact) mass is 243 g/mol. The highest BCUT2D eigenvalue weighted by atomic mass is 32.1. The molecule has 2 bridgehead atoms. The van der Waals surface area contributed by atoms with Crippen molar-refractivity contribution in [3.8, 4) is 0 Å². The Bertz CT molecular complexity index is 333. The van der Waals surface area contributed by atoms with E-state index >= 15 is 0 Å². The van der Waals surface area contributed by atoms with Crippen LogP contribution in [0.4, 0.5) is 0 Å². The van der Waals surface area contributed by atoms with Crippen LogP contribution in [0.15, 0.2) is 12.2 Å². The molecule has 0 aromatic heterocycles. The van der Waals surface area contributed by atoms with Gasteiger partial charge in [-0.1, -0.05) is 12.2 Å². The maximum absolute atomic E-state index is 11.1. The number of carboxylic acid groups (broad SMARTS) is 1. The van der Waals surface area contributed by atoms with Crippen molar-refractivity contribution in [1.82, 2.24) is 0 Å². The van der Waals surface area contributed by atoms with Gasteiger partial charge in [0.2, 0.25) is 0 Å². The standard InChI is InChI=1S/C11H17NO3S/c12-11(5-16,10(14)15)9(13)8-4-6-1-2-7(8)3-6/h1-2,6-9,13,16H,3-5,12H2,(H,14,15)/t6?,7?,8?,9-,11+/m1/s1. The van der Waals surface area contributed by atoms with Gasteiger partial charge < -0.3 is 15.9 Å². The van der Waals surface area contributed by atoms with Crippen LogP contribution in [-0.4, -0.2) is 33.6 Å². The van der Waals surface area contributed by atoms with Crippen LogP contribution in [0.5, 0.6) is 0 Å². The predicted molar refractivity (Wildman–Crippen MR) is 63.3 cm³/mol. The molecule has 5 heteroatoms. The third-order valence-electron chi connectivity index (χ3n) is 3.92. The van der Waals surface area contributed by atoms with E-state index in [0.717, 1.165) is 12.8 Å². The molecule has 3 unspecified atom stereocenters. The summed E-state index contributed by atoms with van der Waals surface area (Å²) in [7, 11) is 0. The molecular weight excluding hydrogens is 226 g/mol. The fourth-order valence-electron chi connectivity index (χ4n) is 2.86. The molecule has 2 aliphatic rings. The SMILES string of the molecule is N[C@](CS)(C(=O)O)[C@H](O)C1CC2C=CC1C2. The number of aliphatic hydroxyl groups is 1. The van der Waals surface area contributed by atoms with Gasteiger partial charge in [0.15, 0.2) is 0 Å². The molecule has 0 aromatic rings. The van der Waals surface area contributed by atoms with Gasteiger partial charge in [0.05, 0.1) is 6.10 Å². The highest BCUT2D eigenvalue weighted by Gasteiger charge is 2.50. The average Bonchev–Trinajstić information content (AvgIpc) is 2.88. The summed E-state index contributed by atoms with van der Waals surface area (Å²) in [4.78, 5) is 11.1. The predicted octanol–water partition coefficient (Wildman–Crippen LogP) is 0.271. The summed E-state index contributed by atoms with van der Waals surface area (Å²) in [5.41, 5.74) is 4.11. The summed E-state index contributed by atoms with van der Waals surface area (Å²) in [5.74, 6) is -0.504. The quantitative estimate of drug-likeness (QED) is 0.422. The Morgan fingerprint density at radius 3 is 2.62 bits per heavy atom. The topological polar surface area (TPSA) is 83.6 Å². The minimum Gasteiger partial charge on any atom is -0.480 e. The number of nitrogens with two attached hydrogens (primary N) is 1. The van der Waals surface area contributed by atoms with Crippen molar-refractivity contribution in [3.63, 3.8) is 0 Å². The summed E-state index contributed by atoms with van der Waals surface area (Å²) in [5, 5.41) is 19.3. The fourth-order valence-corrected chi connectivity index (χ4v) is 3.18. The molecule has 0 aromatic carbocycles. The van der Waals surface area contributed by atoms with Gasteiger partial charge in [-0.25, -0.2) is 0 Å². The van der Waals surface area contributed by atoms with E-state index in [2.05, 4.69) is 24.8 Å². The number of rotatable bonds is 4. The van der Waals surface area contributed by atoms with Gasteiger partial charge in [-0.15, -0.1) is 0 Å². The van der Waals surface area contributed by atoms with E-state index in [9.17, 15) is 9.90 Å². The number of aliphatic carboxylic acids is 1. The lowest BCUT2D eigenvalue weighted by Crippen LogP contribution is -2.61. The highest BCUT2D eigenvalue weighted by molar-refractivity contribution is 7.80. The van der Waals surface area contributed by atoms with Gasteiger partial charge in [0, 0.05) is 5.75 Å². The Hall–Kier alpha value is -0.520. The van der Waals surface area contributed by atoms with Crippen molar-refractivity contribution in [2.24, 2.45) is 23.5 Å². The second-order valence-corrected chi connectivity index (χ2v) is 5.21. The van der Waals surface area contributed by atoms with Crippen LogP contribution in [0.25, 0.3) is 0 Å². The molecule has 0 spiro atoms. The van der Waals surface area contributed by atoms with Crippen molar-refractivity contribution in [3.05, 3.63) is 12.2 Å². The zero-order valence-electron chi connectivity index (χ0n) is 8.91. The minimum absolute atomic E-state index is 0.0387. The van der Waals surface area contributed by atoms with E-state index in [4.69, 9.17) is 10.8 Å². The van der Waals surface area contributed by atoms with Gasteiger partial charge in [0.25, 0.3) is 0 Å². The van der Waals surface area contributed by atoms with Gasteiger partial charge >= 0.3 is 5.97 Å². The molecule has 2 rings (SSSR count). The number of hydrogen-bond donors (Lipinski definition) is 4. The minimum atomic E-state index is -1.63. The molecule has 4 N–H and O–H groups in total. The molecule has 16 heavy (non-hydrogen) atoms. The van der Waals surface area contributed by atoms with E-state index in [1.165, 1.54) is 0 Å². The Kier molecular flexibility index (Phi) is 3.03. The number of aliphatic hydroxyl groups excluding tert-OH is 1. The number of carbonyl (C=O) groups is 1. The number of carboxylic acids is 1. The van der Waals surface area contributed by atoms with Crippen molar-refractivity contribution >= 4 is 18.6 Å². The maximum Gasteiger partial charge on any atom is 0.327 e. The normalized spacial score (nSPS) is 37.3. The molecule has 2 aliphatic carbocycles. The first-order chi connectivity index (χ1) is 7.49. The van der Waals surface area contributed by atoms with Crippen molar-refractivity contribution in [1.29, 1.82) is 0 Å². The van der Waals surface area contributed by atoms with Crippen molar-refractivity contribution < 1.29 is 15.0 Å². The Morgan fingerprint density at radius 1 is 1.56 bits per heavy atom. The smallest absolute Gasteiger partial charge is 0.327 e. The number of hydrogen-bond acceptors (Lipinski definition) is 4. The first-order valence-electron chi connectivity index (χ1n) is 5.48. The zero-order valence-corrected chi connectivity index (χ0v) is 9.81. The molecule has 1 saturated carbocycles. The van der Waals surface area contributed by atoms with Crippen LogP contribution in [0.3, 0.4) is 0 Å². The molecule has 90 valence electrons. The molecule has 0 radical (unpaired) electrons. The summed E-state index contributed by atoms with van der Waals surface area (Å²) in [6.45, 7) is 0. The van der Waals surface area contributed by atoms with Crippen LogP contribution < -0.4 is 5.73 Å². The lowest BCUT2D eigenvalue weighted by Gasteiger charge is -2.35. The third-order valence-corrected chi connectivity index (χ3v) is 4.45. The molecule has 0 aliphatic heterocycles. The van der Waals surface area contributed by atoms with Gasteiger partial charge in [-0.2, -0.15) is 12.6 Å². The van der Waals surface area contributed by atoms with Crippen molar-refractivity contribution in [2.45, 2.75) is 24.5 Å². The number of fused-ring (bicyclic) bond motifs is 2. The van der Waals surface area contributed by atoms with E-state index in [-0.39, 0.29) is 17.6 Å². The Labute approximate surface area is 99.9 Å². The highest BCUT2D eigenvalue weighted by Crippen LogP contribution is 2.46. The largest absolute Gasteiger partial charge is 0.480 e. The molecule has 4 nitrogen and oxygen atoms in total. The Morgan fingerprint density at radius 2 is 2.25 bits per heavy atom. The van der Waals surface area contributed by atoms with E-state index in [1.807, 2.05) is 0 Å². The van der Waals surface area contributed by atoms with E-state index in [0.29, 0.717) is 5.92 Å². The van der Waals surface area contributed by atoms with Gasteiger partial charge in [-0.3, -0.25) is 4.79 Å². The van der Waals surface area contributed by atoms with Gasteiger partial charge in [0.1, 0.15) is 5.54 Å². The first kappa shape index (κ1) is 12.0. The van der Waals surface area contributed by atoms with Crippen LogP contribution >= 0.6 is 12.6 Å². The molecule has 0 saturated heterocycles. The molecular formula is C11H17NO3S. The zero-order chi connectivity index (χ0) is 11.9. The summed E-state index contributed by atoms with van der Waals surface area (Å²) in [6, 6.07) is 0. The third kappa shape index (κ3) is 1.67. The first-order valence-corrected chi connectivity index (χ1v) is 6.12. The Balaban J connectivity index is 2.15. The van der Waals surface area contributed by atoms with Crippen LogP contribution in [0.2, 0.25) is 0 Å². The average molecular weight is 243 g/mol. The second-order valence-electron chi connectivity index (χ2n) is 4.89. The van der Waals surface area contributed by atoms with Crippen LogP contribution in [-0.2, 0) is 4.79 Å². The van der Waals surface area contributed by atoms with Crippen molar-refractivity contribution in [2.75, 3.05) is 5.75 Å². The maximum atomic E-state index is 11.1. The van der Waals surface area contributed by atoms with Crippen LogP contribution in [0, 0.1) is 17.8 Å². The molecule has 0 amide bonds. The van der Waals surface area contributed by atoms with Crippen LogP contribution in [0.1, 0.15) is 12.8 Å². The fraction of sp³-hybridized carbons (Fsp3) is 0.727. The lowest BCUT2D eigenvalue weighted by atomic mass is 9.79. The molecule has 5 atom stereocenters. The van der Waals surface area contributed by atoms with Gasteiger partial charge in [-0.05, 0) is 30.6 Å². The summed E-state index contributed by atoms with van der Waals surface area (Å²) in [6.07, 6.45) is 5.05. The number of thiol groups is 1. The lowest BCUT2D eigenvalue weighted by molar-refractivity contribution is -0.148. The van der Waals surface area contributed by atoms with E-state index in [1.54, 1.807) is 0 Å². The summed E-state index contributed by atoms with van der Waals surface area (Å²) >= 11 is 3.96. The number of allylic oxidation sites excluding steroid dienone is 2. The second kappa shape index (κ2) is 4.05.